The van der Waals surface area contributed by atoms with Crippen molar-refractivity contribution in [3.8, 4) is 11.8 Å². The summed E-state index contributed by atoms with van der Waals surface area (Å²) >= 11 is 0. The summed E-state index contributed by atoms with van der Waals surface area (Å²) in [7, 11) is 0. The van der Waals surface area contributed by atoms with Crippen molar-refractivity contribution in [1.29, 1.82) is 0 Å². The zero-order chi connectivity index (χ0) is 10.9. The molecule has 0 unspecified atom stereocenters. The number of ether oxygens (including phenoxy) is 1. The first-order chi connectivity index (χ1) is 7.29. The van der Waals surface area contributed by atoms with Gasteiger partial charge in [-0.1, -0.05) is 29.2 Å². The number of allylic oxidation sites excluding steroid dienone is 3. The second-order valence-electron chi connectivity index (χ2n) is 4.02. The maximum atomic E-state index is 5.43. The lowest BCUT2D eigenvalue weighted by Crippen LogP contribution is -1.95. The maximum Gasteiger partial charge on any atom is 0.108 e. The molecule has 1 rings (SSSR count). The van der Waals surface area contributed by atoms with Crippen molar-refractivity contribution in [2.75, 3.05) is 13.2 Å². The SMILES string of the molecule is C/C1=C/CCC#CCOC/C(C)=C\CC1. The van der Waals surface area contributed by atoms with Crippen LogP contribution in [0.15, 0.2) is 23.3 Å². The van der Waals surface area contributed by atoms with Crippen LogP contribution in [0.4, 0.5) is 0 Å². The molecule has 0 fully saturated rings. The fourth-order valence-electron chi connectivity index (χ4n) is 1.50. The molecule has 0 saturated heterocycles. The molecule has 1 aliphatic heterocycles. The zero-order valence-corrected chi connectivity index (χ0v) is 9.81. The molecule has 1 heteroatoms. The maximum absolute atomic E-state index is 5.43. The van der Waals surface area contributed by atoms with Gasteiger partial charge in [0.2, 0.25) is 0 Å². The highest BCUT2D eigenvalue weighted by molar-refractivity contribution is 5.07. The second kappa shape index (κ2) is 7.31. The minimum atomic E-state index is 0.563. The molecule has 0 bridgehead atoms. The summed E-state index contributed by atoms with van der Waals surface area (Å²) in [5.41, 5.74) is 2.78. The fraction of sp³-hybridized carbons (Fsp3) is 0.571. The van der Waals surface area contributed by atoms with Gasteiger partial charge in [0.15, 0.2) is 0 Å². The van der Waals surface area contributed by atoms with Crippen LogP contribution in [0.25, 0.3) is 0 Å². The molecule has 1 nitrogen and oxygen atoms in total. The van der Waals surface area contributed by atoms with Crippen LogP contribution in [0.3, 0.4) is 0 Å². The van der Waals surface area contributed by atoms with E-state index in [4.69, 9.17) is 4.74 Å². The van der Waals surface area contributed by atoms with Crippen molar-refractivity contribution in [3.05, 3.63) is 23.3 Å². The first-order valence-electron chi connectivity index (χ1n) is 5.64. The summed E-state index contributed by atoms with van der Waals surface area (Å²) in [5.74, 6) is 6.15. The van der Waals surface area contributed by atoms with Crippen LogP contribution in [0.1, 0.15) is 39.5 Å². The van der Waals surface area contributed by atoms with Crippen LogP contribution in [-0.4, -0.2) is 13.2 Å². The van der Waals surface area contributed by atoms with E-state index in [0.29, 0.717) is 6.61 Å². The molecule has 0 radical (unpaired) electrons. The Balaban J connectivity index is 2.52. The highest BCUT2D eigenvalue weighted by Crippen LogP contribution is 2.09. The second-order valence-corrected chi connectivity index (χ2v) is 4.02. The van der Waals surface area contributed by atoms with Gasteiger partial charge in [0.05, 0.1) is 6.61 Å². The van der Waals surface area contributed by atoms with Gasteiger partial charge in [-0.2, -0.15) is 0 Å². The molecule has 0 N–H and O–H groups in total. The van der Waals surface area contributed by atoms with Gasteiger partial charge in [0.25, 0.3) is 0 Å². The lowest BCUT2D eigenvalue weighted by atomic mass is 10.1. The fourth-order valence-corrected chi connectivity index (χ4v) is 1.50. The van der Waals surface area contributed by atoms with E-state index in [-0.39, 0.29) is 0 Å². The number of rotatable bonds is 0. The molecule has 0 aromatic heterocycles. The third-order valence-corrected chi connectivity index (χ3v) is 2.42. The largest absolute Gasteiger partial charge is 0.364 e. The molecular weight excluding hydrogens is 184 g/mol. The van der Waals surface area contributed by atoms with Gasteiger partial charge in [0.1, 0.15) is 6.61 Å². The van der Waals surface area contributed by atoms with Crippen molar-refractivity contribution in [1.82, 2.24) is 0 Å². The van der Waals surface area contributed by atoms with Gasteiger partial charge in [-0.05, 0) is 33.1 Å². The van der Waals surface area contributed by atoms with Crippen LogP contribution in [0.5, 0.6) is 0 Å². The smallest absolute Gasteiger partial charge is 0.108 e. The van der Waals surface area contributed by atoms with Gasteiger partial charge in [0, 0.05) is 6.42 Å². The molecule has 15 heavy (non-hydrogen) atoms. The molecule has 0 aliphatic carbocycles. The number of hydrogen-bond acceptors (Lipinski definition) is 1. The van der Waals surface area contributed by atoms with E-state index in [1.54, 1.807) is 0 Å². The molecule has 0 atom stereocenters. The van der Waals surface area contributed by atoms with Crippen LogP contribution in [0.2, 0.25) is 0 Å². The summed E-state index contributed by atoms with van der Waals surface area (Å²) in [5, 5.41) is 0. The average molecular weight is 204 g/mol. The summed E-state index contributed by atoms with van der Waals surface area (Å²) in [4.78, 5) is 0. The zero-order valence-electron chi connectivity index (χ0n) is 9.81. The predicted octanol–water partition coefficient (Wildman–Crippen LogP) is 3.47. The van der Waals surface area contributed by atoms with Gasteiger partial charge in [-0.25, -0.2) is 0 Å². The molecule has 0 amide bonds. The molecule has 0 aromatic carbocycles. The summed E-state index contributed by atoms with van der Waals surface area (Å²) in [6, 6.07) is 0. The van der Waals surface area contributed by atoms with E-state index in [1.165, 1.54) is 11.1 Å². The highest BCUT2D eigenvalue weighted by atomic mass is 16.5. The molecule has 1 aliphatic rings. The topological polar surface area (TPSA) is 9.23 Å². The molecule has 0 saturated carbocycles. The Kier molecular flexibility index (Phi) is 5.88. The van der Waals surface area contributed by atoms with E-state index in [2.05, 4.69) is 37.8 Å². The summed E-state index contributed by atoms with van der Waals surface area (Å²) in [6.07, 6.45) is 8.87. The summed E-state index contributed by atoms with van der Waals surface area (Å²) < 4.78 is 5.43. The molecule has 82 valence electrons. The van der Waals surface area contributed by atoms with E-state index >= 15 is 0 Å². The molecule has 0 spiro atoms. The number of hydrogen-bond donors (Lipinski definition) is 0. The van der Waals surface area contributed by atoms with E-state index < -0.39 is 0 Å². The lowest BCUT2D eigenvalue weighted by Gasteiger charge is -2.01. The predicted molar refractivity (Wildman–Crippen MR) is 64.6 cm³/mol. The summed E-state index contributed by atoms with van der Waals surface area (Å²) in [6.45, 7) is 5.60. The average Bonchev–Trinajstić information content (AvgIpc) is 2.22. The minimum Gasteiger partial charge on any atom is -0.364 e. The monoisotopic (exact) mass is 204 g/mol. The van der Waals surface area contributed by atoms with Crippen molar-refractivity contribution < 1.29 is 4.74 Å². The Morgan fingerprint density at radius 2 is 1.87 bits per heavy atom. The normalized spacial score (nSPS) is 26.5. The van der Waals surface area contributed by atoms with Crippen molar-refractivity contribution >= 4 is 0 Å². The van der Waals surface area contributed by atoms with Crippen LogP contribution in [0, 0.1) is 11.8 Å². The van der Waals surface area contributed by atoms with E-state index in [1.807, 2.05) is 0 Å². The Morgan fingerprint density at radius 3 is 2.73 bits per heavy atom. The van der Waals surface area contributed by atoms with Crippen LogP contribution >= 0.6 is 0 Å². The third-order valence-electron chi connectivity index (χ3n) is 2.42. The van der Waals surface area contributed by atoms with E-state index in [9.17, 15) is 0 Å². The molecule has 1 heterocycles. The Labute approximate surface area is 93.2 Å². The molecule has 0 aromatic rings. The Hall–Kier alpha value is -1.00. The highest BCUT2D eigenvalue weighted by Gasteiger charge is 1.92. The van der Waals surface area contributed by atoms with Crippen LogP contribution in [-0.2, 0) is 4.74 Å². The van der Waals surface area contributed by atoms with Crippen LogP contribution < -0.4 is 0 Å². The van der Waals surface area contributed by atoms with E-state index in [0.717, 1.165) is 32.3 Å². The van der Waals surface area contributed by atoms with Crippen molar-refractivity contribution in [2.24, 2.45) is 0 Å². The quantitative estimate of drug-likeness (QED) is 0.433. The minimum absolute atomic E-state index is 0.563. The van der Waals surface area contributed by atoms with Gasteiger partial charge >= 0.3 is 0 Å². The first-order valence-corrected chi connectivity index (χ1v) is 5.64. The Bertz CT molecular complexity index is 299. The molecular formula is C14H20O. The lowest BCUT2D eigenvalue weighted by molar-refractivity contribution is 0.192. The standard InChI is InChI=1S/C14H20O/c1-13-8-5-3-4-6-11-15-12-14(2)10-7-9-13/h8,10H,3,5,7,9,11-12H2,1-2H3/b13-8-,14-10-. The van der Waals surface area contributed by atoms with Gasteiger partial charge in [-0.15, -0.1) is 5.92 Å². The Morgan fingerprint density at radius 1 is 1.07 bits per heavy atom. The third kappa shape index (κ3) is 6.14. The van der Waals surface area contributed by atoms with Gasteiger partial charge < -0.3 is 4.74 Å². The first kappa shape index (κ1) is 12.1. The van der Waals surface area contributed by atoms with Crippen molar-refractivity contribution in [3.63, 3.8) is 0 Å². The van der Waals surface area contributed by atoms with Crippen molar-refractivity contribution in [2.45, 2.75) is 39.5 Å². The van der Waals surface area contributed by atoms with Gasteiger partial charge in [-0.3, -0.25) is 0 Å².